The summed E-state index contributed by atoms with van der Waals surface area (Å²) >= 11 is 1.49. The van der Waals surface area contributed by atoms with E-state index in [2.05, 4.69) is 9.98 Å². The van der Waals surface area contributed by atoms with Gasteiger partial charge < -0.3 is 10.0 Å². The van der Waals surface area contributed by atoms with Crippen LogP contribution in [0.1, 0.15) is 29.1 Å². The Morgan fingerprint density at radius 1 is 1.27 bits per heavy atom. The summed E-state index contributed by atoms with van der Waals surface area (Å²) in [6, 6.07) is 11.7. The Morgan fingerprint density at radius 2 is 2.12 bits per heavy atom. The second kappa shape index (κ2) is 5.72. The van der Waals surface area contributed by atoms with Crippen molar-refractivity contribution >= 4 is 44.5 Å². The summed E-state index contributed by atoms with van der Waals surface area (Å²) in [6.45, 7) is 2.51. The molecule has 0 bridgehead atoms. The number of hydrogen-bond donors (Lipinski definition) is 1. The molecule has 0 aliphatic carbocycles. The number of fused-ring (bicyclic) bond motifs is 3. The normalized spacial score (nSPS) is 21.2. The first kappa shape index (κ1) is 16.9. The molecule has 0 unspecified atom stereocenters. The van der Waals surface area contributed by atoms with Gasteiger partial charge in [-0.05, 0) is 37.3 Å². The van der Waals surface area contributed by atoms with E-state index < -0.39 is 5.60 Å². The van der Waals surface area contributed by atoms with Crippen LogP contribution in [-0.2, 0) is 0 Å². The number of hydrogen-bond acceptors (Lipinski definition) is 6. The molecule has 4 heterocycles. The van der Waals surface area contributed by atoms with Crippen molar-refractivity contribution < 1.29 is 9.90 Å². The molecule has 1 N–H and O–H groups in total. The van der Waals surface area contributed by atoms with Crippen LogP contribution in [0.4, 0.5) is 10.7 Å². The summed E-state index contributed by atoms with van der Waals surface area (Å²) < 4.78 is 0. The van der Waals surface area contributed by atoms with Crippen LogP contribution in [0.25, 0.3) is 10.9 Å². The van der Waals surface area contributed by atoms with Gasteiger partial charge in [-0.3, -0.25) is 9.78 Å². The molecule has 5 nitrogen and oxygen atoms in total. The van der Waals surface area contributed by atoms with E-state index in [9.17, 15) is 9.90 Å². The maximum Gasteiger partial charge on any atom is 0.205 e. The molecular weight excluding hydrogens is 346 g/mol. The molecule has 0 radical (unpaired) electrons. The predicted molar refractivity (Wildman–Crippen MR) is 106 cm³/mol. The highest BCUT2D eigenvalue weighted by atomic mass is 32.1. The first-order valence-corrected chi connectivity index (χ1v) is 8.97. The van der Waals surface area contributed by atoms with Crippen LogP contribution in [-0.4, -0.2) is 33.9 Å². The molecule has 0 spiro atoms. The lowest BCUT2D eigenvalue weighted by Crippen LogP contribution is -2.48. The minimum absolute atomic E-state index is 0. The van der Waals surface area contributed by atoms with Gasteiger partial charge in [0, 0.05) is 35.1 Å². The third-order valence-electron chi connectivity index (χ3n) is 4.88. The van der Waals surface area contributed by atoms with E-state index in [1.165, 1.54) is 11.3 Å². The van der Waals surface area contributed by atoms with Gasteiger partial charge in [-0.15, -0.1) is 11.3 Å². The molecule has 1 fully saturated rings. The number of aromatic nitrogens is 1. The van der Waals surface area contributed by atoms with Crippen molar-refractivity contribution in [3.8, 4) is 0 Å². The van der Waals surface area contributed by atoms with E-state index in [0.29, 0.717) is 29.4 Å². The van der Waals surface area contributed by atoms with Crippen molar-refractivity contribution in [1.82, 2.24) is 4.98 Å². The summed E-state index contributed by atoms with van der Waals surface area (Å²) in [6.07, 6.45) is 2.12. The van der Waals surface area contributed by atoms with Gasteiger partial charge in [0.1, 0.15) is 5.00 Å². The highest BCUT2D eigenvalue weighted by Crippen LogP contribution is 2.43. The molecule has 0 amide bonds. The smallest absolute Gasteiger partial charge is 0.205 e. The van der Waals surface area contributed by atoms with E-state index in [1.54, 1.807) is 6.20 Å². The first-order chi connectivity index (χ1) is 12.1. The van der Waals surface area contributed by atoms with Gasteiger partial charge in [-0.25, -0.2) is 4.99 Å². The lowest BCUT2D eigenvalue weighted by atomic mass is 9.90. The number of thiophene rings is 1. The van der Waals surface area contributed by atoms with Crippen molar-refractivity contribution in [2.24, 2.45) is 4.99 Å². The predicted octanol–water partition coefficient (Wildman–Crippen LogP) is 4.11. The largest absolute Gasteiger partial charge is 0.374 e. The fourth-order valence-corrected chi connectivity index (χ4v) is 4.51. The fourth-order valence-electron chi connectivity index (χ4n) is 3.63. The summed E-state index contributed by atoms with van der Waals surface area (Å²) in [5.74, 6) is 0.205. The number of carbonyl (C=O) groups excluding carboxylic acids is 1. The molecule has 2 aliphatic rings. The number of benzene rings is 1. The molecule has 2 aromatic heterocycles. The molecule has 132 valence electrons. The molecule has 1 aromatic carbocycles. The summed E-state index contributed by atoms with van der Waals surface area (Å²) in [5.41, 5.74) is 0.848. The Kier molecular flexibility index (Phi) is 3.71. The fraction of sp³-hybridized carbons (Fsp3) is 0.250. The summed E-state index contributed by atoms with van der Waals surface area (Å²) in [7, 11) is 0. The minimum Gasteiger partial charge on any atom is -0.374 e. The van der Waals surface area contributed by atoms with Crippen molar-refractivity contribution in [3.05, 3.63) is 53.0 Å². The van der Waals surface area contributed by atoms with Gasteiger partial charge in [0.2, 0.25) is 5.78 Å². The number of carbonyl (C=O) groups is 1. The number of aryl methyl sites for hydroxylation is 1. The number of rotatable bonds is 1. The number of anilines is 1. The summed E-state index contributed by atoms with van der Waals surface area (Å²) in [4.78, 5) is 24.8. The van der Waals surface area contributed by atoms with E-state index in [4.69, 9.17) is 0 Å². The molecule has 1 saturated heterocycles. The van der Waals surface area contributed by atoms with Crippen LogP contribution in [0.5, 0.6) is 0 Å². The van der Waals surface area contributed by atoms with E-state index in [0.717, 1.165) is 21.5 Å². The summed E-state index contributed by atoms with van der Waals surface area (Å²) in [5, 5.41) is 12.8. The van der Waals surface area contributed by atoms with Gasteiger partial charge >= 0.3 is 0 Å². The Hall–Kier alpha value is -2.57. The van der Waals surface area contributed by atoms with Crippen molar-refractivity contribution in [3.63, 3.8) is 0 Å². The van der Waals surface area contributed by atoms with Crippen LogP contribution in [0.3, 0.4) is 0 Å². The standard InChI is InChI=1S/C19H15N3O2S.CH4/c1-11-9-14-16(23)19(24)6-8-22(18(19)21-17(14)25-11)13-4-5-15-12(10-13)3-2-7-20-15;/h2-5,7,9-10,24H,6,8H2,1H3;1H4/t19-;/m1./s1. The molecule has 5 rings (SSSR count). The van der Waals surface area contributed by atoms with E-state index in [-0.39, 0.29) is 13.2 Å². The van der Waals surface area contributed by atoms with Gasteiger partial charge in [0.05, 0.1) is 11.1 Å². The van der Waals surface area contributed by atoms with Gasteiger partial charge in [-0.1, -0.05) is 13.5 Å². The third kappa shape index (κ3) is 2.22. The van der Waals surface area contributed by atoms with Crippen molar-refractivity contribution in [1.29, 1.82) is 0 Å². The van der Waals surface area contributed by atoms with Gasteiger partial charge in [-0.2, -0.15) is 0 Å². The zero-order valence-electron chi connectivity index (χ0n) is 13.6. The molecule has 2 aliphatic heterocycles. The Balaban J connectivity index is 0.00000168. The number of aliphatic hydroxyl groups is 1. The number of nitrogens with zero attached hydrogens (tertiary/aromatic N) is 3. The quantitative estimate of drug-likeness (QED) is 0.705. The zero-order valence-corrected chi connectivity index (χ0v) is 14.4. The Bertz CT molecular complexity index is 1070. The number of amidine groups is 1. The second-order valence-corrected chi connectivity index (χ2v) is 7.72. The van der Waals surface area contributed by atoms with Gasteiger partial charge in [0.15, 0.2) is 11.4 Å². The molecule has 0 saturated carbocycles. The molecule has 3 aromatic rings. The highest BCUT2D eigenvalue weighted by molar-refractivity contribution is 7.16. The number of aliphatic imine (C=N–C) groups is 1. The molecule has 1 atom stereocenters. The maximum atomic E-state index is 12.9. The van der Waals surface area contributed by atoms with E-state index in [1.807, 2.05) is 48.2 Å². The number of ketones is 1. The lowest BCUT2D eigenvalue weighted by molar-refractivity contribution is 0.0603. The minimum atomic E-state index is -1.52. The third-order valence-corrected chi connectivity index (χ3v) is 5.83. The molecular formula is C20H19N3O2S. The maximum absolute atomic E-state index is 12.9. The van der Waals surface area contributed by atoms with Gasteiger partial charge in [0.25, 0.3) is 0 Å². The SMILES string of the molecule is C.Cc1cc2c(s1)N=C1N(c3ccc4ncccc4c3)CC[C@@]1(O)C2=O. The van der Waals surface area contributed by atoms with Crippen LogP contribution < -0.4 is 4.90 Å². The topological polar surface area (TPSA) is 65.8 Å². The van der Waals surface area contributed by atoms with Crippen LogP contribution in [0.2, 0.25) is 0 Å². The zero-order chi connectivity index (χ0) is 17.2. The van der Waals surface area contributed by atoms with Crippen LogP contribution in [0, 0.1) is 6.92 Å². The number of Topliss-reactive ketones (excluding diaryl/α,β-unsaturated/α-hetero) is 1. The van der Waals surface area contributed by atoms with Crippen LogP contribution >= 0.6 is 11.3 Å². The van der Waals surface area contributed by atoms with Crippen LogP contribution in [0.15, 0.2) is 47.6 Å². The van der Waals surface area contributed by atoms with Crippen molar-refractivity contribution in [2.45, 2.75) is 26.4 Å². The highest BCUT2D eigenvalue weighted by Gasteiger charge is 2.52. The lowest BCUT2D eigenvalue weighted by Gasteiger charge is -2.28. The average Bonchev–Trinajstić information content (AvgIpc) is 3.16. The Labute approximate surface area is 155 Å². The van der Waals surface area contributed by atoms with Crippen molar-refractivity contribution in [2.75, 3.05) is 11.4 Å². The first-order valence-electron chi connectivity index (χ1n) is 8.15. The monoisotopic (exact) mass is 365 g/mol. The molecule has 6 heteroatoms. The Morgan fingerprint density at radius 3 is 2.96 bits per heavy atom. The van der Waals surface area contributed by atoms with E-state index >= 15 is 0 Å². The number of pyridine rings is 1. The average molecular weight is 365 g/mol. The second-order valence-electron chi connectivity index (χ2n) is 6.48. The molecule has 26 heavy (non-hydrogen) atoms.